The second-order valence-corrected chi connectivity index (χ2v) is 8.89. The molecule has 0 aliphatic carbocycles. The van der Waals surface area contributed by atoms with E-state index in [-0.39, 0.29) is 11.3 Å². The predicted molar refractivity (Wildman–Crippen MR) is 130 cm³/mol. The van der Waals surface area contributed by atoms with Gasteiger partial charge in [0.15, 0.2) is 5.65 Å². The fourth-order valence-electron chi connectivity index (χ4n) is 3.52. The Balaban J connectivity index is 1.61. The van der Waals surface area contributed by atoms with Crippen molar-refractivity contribution in [1.82, 2.24) is 15.0 Å². The number of carbonyl (C=O) groups is 1. The van der Waals surface area contributed by atoms with E-state index in [0.717, 1.165) is 27.8 Å². The van der Waals surface area contributed by atoms with Crippen LogP contribution in [0, 0.1) is 6.92 Å². The number of rotatable bonds is 4. The molecule has 0 spiro atoms. The SMILES string of the molecule is CNc1ncc2cc(-c3cc(C(=O)Nc4ccc(C(C)(C)C)cc4)ccc3C)cnc2n1. The summed E-state index contributed by atoms with van der Waals surface area (Å²) in [7, 11) is 1.77. The van der Waals surface area contributed by atoms with E-state index in [2.05, 4.69) is 58.5 Å². The molecule has 0 radical (unpaired) electrons. The van der Waals surface area contributed by atoms with Crippen molar-refractivity contribution in [1.29, 1.82) is 0 Å². The van der Waals surface area contributed by atoms with E-state index in [4.69, 9.17) is 0 Å². The first kappa shape index (κ1) is 21.4. The molecule has 0 aliphatic heterocycles. The third-order valence-electron chi connectivity index (χ3n) is 5.48. The summed E-state index contributed by atoms with van der Waals surface area (Å²) in [5, 5.41) is 6.76. The van der Waals surface area contributed by atoms with Gasteiger partial charge in [-0.3, -0.25) is 4.79 Å². The molecule has 0 unspecified atom stereocenters. The number of carbonyl (C=O) groups excluding carboxylic acids is 1. The van der Waals surface area contributed by atoms with Gasteiger partial charge >= 0.3 is 0 Å². The van der Waals surface area contributed by atoms with Gasteiger partial charge in [-0.15, -0.1) is 0 Å². The van der Waals surface area contributed by atoms with E-state index in [9.17, 15) is 4.79 Å². The number of fused-ring (bicyclic) bond motifs is 1. The summed E-state index contributed by atoms with van der Waals surface area (Å²) >= 11 is 0. The first-order chi connectivity index (χ1) is 15.2. The van der Waals surface area contributed by atoms with Crippen LogP contribution in [0.15, 0.2) is 60.9 Å². The Morgan fingerprint density at radius 1 is 0.938 bits per heavy atom. The number of nitrogens with one attached hydrogen (secondary N) is 2. The van der Waals surface area contributed by atoms with Crippen LogP contribution in [0.3, 0.4) is 0 Å². The number of amides is 1. The van der Waals surface area contributed by atoms with Gasteiger partial charge in [0.2, 0.25) is 5.95 Å². The normalized spacial score (nSPS) is 11.4. The molecule has 1 amide bonds. The van der Waals surface area contributed by atoms with E-state index in [1.54, 1.807) is 19.4 Å². The first-order valence-corrected chi connectivity index (χ1v) is 10.6. The Labute approximate surface area is 188 Å². The first-order valence-electron chi connectivity index (χ1n) is 10.6. The summed E-state index contributed by atoms with van der Waals surface area (Å²) in [6.45, 7) is 8.53. The molecular formula is C26H27N5O. The zero-order chi connectivity index (χ0) is 22.9. The fraction of sp³-hybridized carbons (Fsp3) is 0.231. The molecule has 6 nitrogen and oxygen atoms in total. The van der Waals surface area contributed by atoms with Crippen molar-refractivity contribution in [2.75, 3.05) is 17.7 Å². The minimum Gasteiger partial charge on any atom is -0.357 e. The van der Waals surface area contributed by atoms with Crippen LogP contribution in [0.2, 0.25) is 0 Å². The average molecular weight is 426 g/mol. The number of anilines is 2. The van der Waals surface area contributed by atoms with Gasteiger partial charge in [0.05, 0.1) is 0 Å². The summed E-state index contributed by atoms with van der Waals surface area (Å²) in [5.41, 5.74) is 6.21. The van der Waals surface area contributed by atoms with E-state index < -0.39 is 0 Å². The van der Waals surface area contributed by atoms with Crippen LogP contribution in [0.25, 0.3) is 22.2 Å². The Morgan fingerprint density at radius 2 is 1.69 bits per heavy atom. The lowest BCUT2D eigenvalue weighted by Gasteiger charge is -2.19. The zero-order valence-electron chi connectivity index (χ0n) is 19.0. The topological polar surface area (TPSA) is 79.8 Å². The molecule has 32 heavy (non-hydrogen) atoms. The second-order valence-electron chi connectivity index (χ2n) is 8.89. The Bertz CT molecular complexity index is 1290. The number of hydrogen-bond acceptors (Lipinski definition) is 5. The molecule has 2 N–H and O–H groups in total. The van der Waals surface area contributed by atoms with Crippen molar-refractivity contribution >= 4 is 28.6 Å². The molecule has 0 bridgehead atoms. The molecule has 2 heterocycles. The maximum Gasteiger partial charge on any atom is 0.255 e. The van der Waals surface area contributed by atoms with Crippen LogP contribution >= 0.6 is 0 Å². The van der Waals surface area contributed by atoms with Gasteiger partial charge in [-0.2, -0.15) is 4.98 Å². The summed E-state index contributed by atoms with van der Waals surface area (Å²) in [5.74, 6) is 0.383. The number of aryl methyl sites for hydroxylation is 1. The highest BCUT2D eigenvalue weighted by Gasteiger charge is 2.14. The molecular weight excluding hydrogens is 398 g/mol. The minimum atomic E-state index is -0.148. The highest BCUT2D eigenvalue weighted by molar-refractivity contribution is 6.05. The summed E-state index contributed by atoms with van der Waals surface area (Å²) in [6.07, 6.45) is 3.53. The maximum atomic E-state index is 12.9. The summed E-state index contributed by atoms with van der Waals surface area (Å²) < 4.78 is 0. The molecule has 0 aliphatic rings. The summed E-state index contributed by atoms with van der Waals surface area (Å²) in [4.78, 5) is 26.0. The van der Waals surface area contributed by atoms with Gasteiger partial charge in [-0.1, -0.05) is 39.0 Å². The molecule has 0 saturated carbocycles. The number of pyridine rings is 1. The molecule has 0 fully saturated rings. The minimum absolute atomic E-state index is 0.0714. The smallest absolute Gasteiger partial charge is 0.255 e. The van der Waals surface area contributed by atoms with Gasteiger partial charge in [0.25, 0.3) is 5.91 Å². The van der Waals surface area contributed by atoms with Crippen LogP contribution in [-0.4, -0.2) is 27.9 Å². The van der Waals surface area contributed by atoms with E-state index in [1.165, 1.54) is 5.56 Å². The van der Waals surface area contributed by atoms with Crippen LogP contribution < -0.4 is 10.6 Å². The second kappa shape index (κ2) is 8.38. The van der Waals surface area contributed by atoms with Crippen LogP contribution in [0.4, 0.5) is 11.6 Å². The third-order valence-corrected chi connectivity index (χ3v) is 5.48. The van der Waals surface area contributed by atoms with Crippen LogP contribution in [0.1, 0.15) is 42.3 Å². The van der Waals surface area contributed by atoms with Gasteiger partial charge in [0, 0.05) is 41.6 Å². The molecule has 0 atom stereocenters. The number of nitrogens with zero attached hydrogens (tertiary/aromatic N) is 3. The third kappa shape index (κ3) is 4.44. The van der Waals surface area contributed by atoms with Crippen molar-refractivity contribution in [3.05, 3.63) is 77.6 Å². The van der Waals surface area contributed by atoms with E-state index in [1.807, 2.05) is 43.3 Å². The van der Waals surface area contributed by atoms with Gasteiger partial charge in [-0.05, 0) is 59.4 Å². The van der Waals surface area contributed by atoms with Crippen molar-refractivity contribution in [3.63, 3.8) is 0 Å². The van der Waals surface area contributed by atoms with Gasteiger partial charge < -0.3 is 10.6 Å². The lowest BCUT2D eigenvalue weighted by atomic mass is 9.87. The van der Waals surface area contributed by atoms with Crippen LogP contribution in [-0.2, 0) is 5.41 Å². The molecule has 2 aromatic heterocycles. The largest absolute Gasteiger partial charge is 0.357 e. The molecule has 162 valence electrons. The molecule has 0 saturated heterocycles. The lowest BCUT2D eigenvalue weighted by molar-refractivity contribution is 0.102. The standard InChI is InChI=1S/C26H27N5O/c1-16-6-7-17(24(32)30-21-10-8-20(9-11-21)26(2,3)4)13-22(16)18-12-19-15-29-25(27-5)31-23(19)28-14-18/h6-15H,1-5H3,(H,30,32)(H,27,28,29,31). The quantitative estimate of drug-likeness (QED) is 0.445. The predicted octanol–water partition coefficient (Wildman–Crippen LogP) is 5.59. The van der Waals surface area contributed by atoms with E-state index in [0.29, 0.717) is 17.2 Å². The fourth-order valence-corrected chi connectivity index (χ4v) is 3.52. The van der Waals surface area contributed by atoms with Gasteiger partial charge in [0.1, 0.15) is 0 Å². The number of hydrogen-bond donors (Lipinski definition) is 2. The van der Waals surface area contributed by atoms with Gasteiger partial charge in [-0.25, -0.2) is 9.97 Å². The van der Waals surface area contributed by atoms with Crippen molar-refractivity contribution in [2.45, 2.75) is 33.1 Å². The Morgan fingerprint density at radius 3 is 2.38 bits per heavy atom. The highest BCUT2D eigenvalue weighted by atomic mass is 16.1. The highest BCUT2D eigenvalue weighted by Crippen LogP contribution is 2.27. The lowest BCUT2D eigenvalue weighted by Crippen LogP contribution is -2.13. The van der Waals surface area contributed by atoms with Crippen molar-refractivity contribution < 1.29 is 4.79 Å². The Hall–Kier alpha value is -3.80. The summed E-state index contributed by atoms with van der Waals surface area (Å²) in [6, 6.07) is 15.7. The molecule has 4 aromatic rings. The monoisotopic (exact) mass is 425 g/mol. The Kier molecular flexibility index (Phi) is 5.61. The maximum absolute atomic E-state index is 12.9. The van der Waals surface area contributed by atoms with Crippen molar-refractivity contribution in [3.8, 4) is 11.1 Å². The van der Waals surface area contributed by atoms with Crippen LogP contribution in [0.5, 0.6) is 0 Å². The zero-order valence-corrected chi connectivity index (χ0v) is 19.0. The number of aromatic nitrogens is 3. The number of benzene rings is 2. The molecule has 4 rings (SSSR count). The van der Waals surface area contributed by atoms with Crippen molar-refractivity contribution in [2.24, 2.45) is 0 Å². The molecule has 6 heteroatoms. The molecule has 2 aromatic carbocycles. The average Bonchev–Trinajstić information content (AvgIpc) is 2.78. The van der Waals surface area contributed by atoms with E-state index >= 15 is 0 Å².